The Labute approximate surface area is 130 Å². The van der Waals surface area contributed by atoms with E-state index in [1.165, 1.54) is 10.9 Å². The Bertz CT molecular complexity index is 714. The van der Waals surface area contributed by atoms with Crippen LogP contribution in [0, 0.1) is 5.92 Å². The van der Waals surface area contributed by atoms with Crippen LogP contribution < -0.4 is 0 Å². The molecule has 118 valence electrons. The first-order chi connectivity index (χ1) is 10.3. The van der Waals surface area contributed by atoms with Crippen LogP contribution in [0.5, 0.6) is 0 Å². The second-order valence-electron chi connectivity index (χ2n) is 7.25. The smallest absolute Gasteiger partial charge is 0.407 e. The van der Waals surface area contributed by atoms with Crippen molar-refractivity contribution in [3.63, 3.8) is 0 Å². The average Bonchev–Trinajstić information content (AvgIpc) is 3.05. The van der Waals surface area contributed by atoms with E-state index in [9.17, 15) is 9.90 Å². The number of fused-ring (bicyclic) bond motifs is 1. The largest absolute Gasteiger partial charge is 0.465 e. The summed E-state index contributed by atoms with van der Waals surface area (Å²) >= 11 is 0. The van der Waals surface area contributed by atoms with Crippen LogP contribution in [-0.2, 0) is 7.05 Å². The zero-order chi connectivity index (χ0) is 16.1. The molecule has 1 aromatic carbocycles. The van der Waals surface area contributed by atoms with E-state index in [1.807, 2.05) is 44.6 Å². The zero-order valence-corrected chi connectivity index (χ0v) is 13.6. The first-order valence-corrected chi connectivity index (χ1v) is 7.70. The maximum Gasteiger partial charge on any atom is 0.407 e. The first kappa shape index (κ1) is 14.9. The van der Waals surface area contributed by atoms with Gasteiger partial charge < -0.3 is 10.0 Å². The van der Waals surface area contributed by atoms with Gasteiger partial charge in [0.05, 0.1) is 5.52 Å². The SMILES string of the molecule is Cn1cc2c([C@@H]3C[C@H]3CN(C(=O)O)C(C)(C)C)cccc2n1. The van der Waals surface area contributed by atoms with Crippen molar-refractivity contribution in [3.8, 4) is 0 Å². The number of carboxylic acid groups (broad SMARTS) is 1. The van der Waals surface area contributed by atoms with Gasteiger partial charge in [-0.1, -0.05) is 12.1 Å². The van der Waals surface area contributed by atoms with Gasteiger partial charge in [0.25, 0.3) is 0 Å². The lowest BCUT2D eigenvalue weighted by Crippen LogP contribution is -2.46. The molecular weight excluding hydrogens is 278 g/mol. The Hall–Kier alpha value is -2.04. The summed E-state index contributed by atoms with van der Waals surface area (Å²) in [5, 5.41) is 15.1. The second-order valence-corrected chi connectivity index (χ2v) is 7.25. The van der Waals surface area contributed by atoms with E-state index in [1.54, 1.807) is 4.90 Å². The lowest BCUT2D eigenvalue weighted by atomic mass is 10.0. The molecule has 22 heavy (non-hydrogen) atoms. The molecule has 0 bridgehead atoms. The fraction of sp³-hybridized carbons (Fsp3) is 0.529. The molecule has 1 heterocycles. The molecule has 2 atom stereocenters. The maximum absolute atomic E-state index is 11.5. The lowest BCUT2D eigenvalue weighted by Gasteiger charge is -2.33. The normalized spacial score (nSPS) is 21.1. The van der Waals surface area contributed by atoms with Crippen molar-refractivity contribution in [1.29, 1.82) is 0 Å². The highest BCUT2D eigenvalue weighted by molar-refractivity contribution is 5.82. The van der Waals surface area contributed by atoms with Crippen LogP contribution in [-0.4, -0.2) is 38.0 Å². The van der Waals surface area contributed by atoms with Gasteiger partial charge in [-0.3, -0.25) is 4.68 Å². The van der Waals surface area contributed by atoms with E-state index in [0.717, 1.165) is 11.9 Å². The van der Waals surface area contributed by atoms with Gasteiger partial charge in [0.15, 0.2) is 0 Å². The summed E-state index contributed by atoms with van der Waals surface area (Å²) in [5.74, 6) is 0.846. The molecule has 5 nitrogen and oxygen atoms in total. The monoisotopic (exact) mass is 301 g/mol. The van der Waals surface area contributed by atoms with Gasteiger partial charge >= 0.3 is 6.09 Å². The van der Waals surface area contributed by atoms with Gasteiger partial charge in [-0.15, -0.1) is 0 Å². The van der Waals surface area contributed by atoms with Crippen molar-refractivity contribution in [2.24, 2.45) is 13.0 Å². The Morgan fingerprint density at radius 1 is 1.45 bits per heavy atom. The highest BCUT2D eigenvalue weighted by atomic mass is 16.4. The Kier molecular flexibility index (Phi) is 3.38. The summed E-state index contributed by atoms with van der Waals surface area (Å²) in [6, 6.07) is 6.21. The molecule has 2 aromatic rings. The van der Waals surface area contributed by atoms with Crippen molar-refractivity contribution >= 4 is 17.0 Å². The topological polar surface area (TPSA) is 58.4 Å². The van der Waals surface area contributed by atoms with Gasteiger partial charge in [-0.05, 0) is 50.7 Å². The number of hydrogen-bond acceptors (Lipinski definition) is 2. The van der Waals surface area contributed by atoms with Crippen LogP contribution in [0.4, 0.5) is 4.79 Å². The zero-order valence-electron chi connectivity index (χ0n) is 13.6. The molecular formula is C17H23N3O2. The predicted octanol–water partition coefficient (Wildman–Crippen LogP) is 3.46. The van der Waals surface area contributed by atoms with Gasteiger partial charge in [0, 0.05) is 30.7 Å². The van der Waals surface area contributed by atoms with Crippen molar-refractivity contribution in [3.05, 3.63) is 30.0 Å². The number of hydrogen-bond donors (Lipinski definition) is 1. The first-order valence-electron chi connectivity index (χ1n) is 7.70. The number of aryl methyl sites for hydroxylation is 1. The summed E-state index contributed by atoms with van der Waals surface area (Å²) in [4.78, 5) is 13.0. The minimum absolute atomic E-state index is 0.362. The molecule has 1 amide bonds. The van der Waals surface area contributed by atoms with Gasteiger partial charge in [0.1, 0.15) is 0 Å². The number of benzene rings is 1. The molecule has 3 rings (SSSR count). The van der Waals surface area contributed by atoms with Crippen LogP contribution in [0.25, 0.3) is 10.9 Å². The molecule has 1 fully saturated rings. The van der Waals surface area contributed by atoms with E-state index in [-0.39, 0.29) is 5.54 Å². The number of rotatable bonds is 3. The van der Waals surface area contributed by atoms with Crippen molar-refractivity contribution in [2.45, 2.75) is 38.6 Å². The van der Waals surface area contributed by atoms with Crippen LogP contribution in [0.3, 0.4) is 0 Å². The molecule has 1 aliphatic carbocycles. The number of aromatic nitrogens is 2. The van der Waals surface area contributed by atoms with Crippen molar-refractivity contribution < 1.29 is 9.90 Å². The standard InChI is InChI=1S/C17H23N3O2/c1-17(2,3)20(16(21)22)9-11-8-13(11)12-6-5-7-15-14(12)10-19(4)18-15/h5-7,10-11,13H,8-9H2,1-4H3,(H,21,22)/t11-,13+/m0/s1. The van der Waals surface area contributed by atoms with Crippen molar-refractivity contribution in [1.82, 2.24) is 14.7 Å². The molecule has 0 spiro atoms. The fourth-order valence-corrected chi connectivity index (χ4v) is 3.21. The third-order valence-electron chi connectivity index (χ3n) is 4.48. The number of nitrogens with zero attached hydrogens (tertiary/aromatic N) is 3. The fourth-order valence-electron chi connectivity index (χ4n) is 3.21. The quantitative estimate of drug-likeness (QED) is 0.944. The van der Waals surface area contributed by atoms with Gasteiger partial charge in [0.2, 0.25) is 0 Å². The molecule has 0 radical (unpaired) electrons. The maximum atomic E-state index is 11.5. The van der Waals surface area contributed by atoms with E-state index >= 15 is 0 Å². The molecule has 1 saturated carbocycles. The third-order valence-corrected chi connectivity index (χ3v) is 4.48. The van der Waals surface area contributed by atoms with Crippen molar-refractivity contribution in [2.75, 3.05) is 6.54 Å². The molecule has 1 aliphatic rings. The lowest BCUT2D eigenvalue weighted by molar-refractivity contribution is 0.0967. The summed E-state index contributed by atoms with van der Waals surface area (Å²) in [6.45, 7) is 6.43. The van der Waals surface area contributed by atoms with E-state index in [4.69, 9.17) is 0 Å². The summed E-state index contributed by atoms with van der Waals surface area (Å²) in [7, 11) is 1.93. The van der Waals surface area contributed by atoms with Crippen LogP contribution >= 0.6 is 0 Å². The molecule has 1 N–H and O–H groups in total. The van der Waals surface area contributed by atoms with Crippen LogP contribution in [0.1, 0.15) is 38.7 Å². The summed E-state index contributed by atoms with van der Waals surface area (Å²) in [5.41, 5.74) is 1.95. The molecule has 0 unspecified atom stereocenters. The van der Waals surface area contributed by atoms with Gasteiger partial charge in [-0.2, -0.15) is 5.10 Å². The van der Waals surface area contributed by atoms with Crippen LogP contribution in [0.15, 0.2) is 24.4 Å². The van der Waals surface area contributed by atoms with E-state index < -0.39 is 6.09 Å². The van der Waals surface area contributed by atoms with E-state index in [2.05, 4.69) is 17.4 Å². The Morgan fingerprint density at radius 2 is 2.18 bits per heavy atom. The highest BCUT2D eigenvalue weighted by Gasteiger charge is 2.43. The Morgan fingerprint density at radius 3 is 2.82 bits per heavy atom. The Balaban J connectivity index is 1.80. The predicted molar refractivity (Wildman–Crippen MR) is 86.0 cm³/mol. The third kappa shape index (κ3) is 2.67. The molecule has 1 aromatic heterocycles. The van der Waals surface area contributed by atoms with Gasteiger partial charge in [-0.25, -0.2) is 4.79 Å². The summed E-state index contributed by atoms with van der Waals surface area (Å²) < 4.78 is 1.84. The minimum Gasteiger partial charge on any atom is -0.465 e. The number of carbonyl (C=O) groups is 1. The molecule has 5 heteroatoms. The highest BCUT2D eigenvalue weighted by Crippen LogP contribution is 2.50. The average molecular weight is 301 g/mol. The van der Waals surface area contributed by atoms with E-state index in [0.29, 0.717) is 18.4 Å². The molecule has 0 saturated heterocycles. The molecule has 0 aliphatic heterocycles. The second kappa shape index (κ2) is 5.00. The van der Waals surface area contributed by atoms with Crippen LogP contribution in [0.2, 0.25) is 0 Å². The summed E-state index contributed by atoms with van der Waals surface area (Å²) in [6.07, 6.45) is 2.27. The minimum atomic E-state index is -0.835. The number of amides is 1.